The molecule has 1 aliphatic rings. The molecule has 2 N–H and O–H groups in total. The van der Waals surface area contributed by atoms with Crippen LogP contribution in [-0.2, 0) is 6.54 Å². The Morgan fingerprint density at radius 2 is 1.90 bits per heavy atom. The highest BCUT2D eigenvalue weighted by atomic mass is 35.5. The van der Waals surface area contributed by atoms with Crippen molar-refractivity contribution in [2.45, 2.75) is 52.1 Å². The zero-order chi connectivity index (χ0) is 21.3. The number of H-pyrrole nitrogens is 1. The molecule has 0 spiro atoms. The van der Waals surface area contributed by atoms with E-state index in [-0.39, 0.29) is 24.2 Å². The third kappa shape index (κ3) is 4.21. The Kier molecular flexibility index (Phi) is 5.82. The van der Waals surface area contributed by atoms with Crippen LogP contribution in [0.2, 0.25) is 5.02 Å². The van der Waals surface area contributed by atoms with Crippen LogP contribution < -0.4 is 10.9 Å². The summed E-state index contributed by atoms with van der Waals surface area (Å²) in [6.45, 7) is 4.30. The summed E-state index contributed by atoms with van der Waals surface area (Å²) in [5.41, 5.74) is 4.05. The summed E-state index contributed by atoms with van der Waals surface area (Å²) < 4.78 is 0. The molecule has 4 rings (SSSR count). The van der Waals surface area contributed by atoms with E-state index in [9.17, 15) is 9.59 Å². The maximum atomic E-state index is 13.2. The molecule has 6 heteroatoms. The zero-order valence-electron chi connectivity index (χ0n) is 17.3. The number of pyridine rings is 1. The largest absolute Gasteiger partial charge is 0.322 e. The van der Waals surface area contributed by atoms with Gasteiger partial charge in [-0.2, -0.15) is 0 Å². The van der Waals surface area contributed by atoms with Gasteiger partial charge < -0.3 is 15.2 Å². The van der Waals surface area contributed by atoms with Crippen LogP contribution in [0.3, 0.4) is 0 Å². The molecule has 0 aliphatic heterocycles. The average molecular weight is 424 g/mol. The first-order chi connectivity index (χ1) is 14.4. The van der Waals surface area contributed by atoms with E-state index >= 15 is 0 Å². The third-order valence-electron chi connectivity index (χ3n) is 5.85. The van der Waals surface area contributed by atoms with Gasteiger partial charge in [-0.15, -0.1) is 0 Å². The van der Waals surface area contributed by atoms with Crippen LogP contribution >= 0.6 is 11.6 Å². The Hall–Kier alpha value is -2.79. The molecule has 156 valence electrons. The highest BCUT2D eigenvalue weighted by Crippen LogP contribution is 2.27. The van der Waals surface area contributed by atoms with Crippen molar-refractivity contribution in [1.82, 2.24) is 9.88 Å². The number of rotatable bonds is 4. The van der Waals surface area contributed by atoms with Crippen molar-refractivity contribution < 1.29 is 4.79 Å². The van der Waals surface area contributed by atoms with E-state index in [2.05, 4.69) is 22.4 Å². The Labute approximate surface area is 181 Å². The van der Waals surface area contributed by atoms with Crippen molar-refractivity contribution in [2.75, 3.05) is 5.32 Å². The maximum absolute atomic E-state index is 13.2. The summed E-state index contributed by atoms with van der Waals surface area (Å²) >= 11 is 6.22. The fraction of sp³-hybridized carbons (Fsp3) is 0.333. The van der Waals surface area contributed by atoms with Crippen molar-refractivity contribution >= 4 is 34.2 Å². The highest BCUT2D eigenvalue weighted by molar-refractivity contribution is 6.33. The van der Waals surface area contributed by atoms with Crippen LogP contribution in [0.1, 0.15) is 42.4 Å². The minimum absolute atomic E-state index is 0.113. The summed E-state index contributed by atoms with van der Waals surface area (Å²) in [6.07, 6.45) is 4.07. The number of benzene rings is 2. The summed E-state index contributed by atoms with van der Waals surface area (Å²) in [5.74, 6) is 0. The third-order valence-corrected chi connectivity index (χ3v) is 6.18. The number of nitrogens with one attached hydrogen (secondary N) is 2. The minimum atomic E-state index is -0.227. The molecule has 0 bridgehead atoms. The molecule has 0 unspecified atom stereocenters. The van der Waals surface area contributed by atoms with Crippen LogP contribution in [0.15, 0.2) is 47.3 Å². The Morgan fingerprint density at radius 3 is 2.63 bits per heavy atom. The molecule has 0 saturated heterocycles. The number of aromatic nitrogens is 1. The fourth-order valence-corrected chi connectivity index (χ4v) is 4.55. The van der Waals surface area contributed by atoms with Crippen LogP contribution in [-0.4, -0.2) is 22.0 Å². The Morgan fingerprint density at radius 1 is 1.17 bits per heavy atom. The SMILES string of the molecule is Cc1cc(C)c2[nH]c(=O)c(CN(C(=O)Nc3ccccc3Cl)C3CCCC3)cc2c1. The van der Waals surface area contributed by atoms with Gasteiger partial charge in [0.05, 0.1) is 22.8 Å². The molecule has 0 atom stereocenters. The molecule has 2 aromatic carbocycles. The van der Waals surface area contributed by atoms with Gasteiger partial charge in [-0.05, 0) is 61.9 Å². The second kappa shape index (κ2) is 8.52. The van der Waals surface area contributed by atoms with Gasteiger partial charge in [0.2, 0.25) is 0 Å². The number of fused-ring (bicyclic) bond motifs is 1. The lowest BCUT2D eigenvalue weighted by Gasteiger charge is -2.29. The van der Waals surface area contributed by atoms with E-state index < -0.39 is 0 Å². The molecule has 1 fully saturated rings. The summed E-state index contributed by atoms with van der Waals surface area (Å²) in [7, 11) is 0. The molecule has 1 heterocycles. The minimum Gasteiger partial charge on any atom is -0.321 e. The second-order valence-corrected chi connectivity index (χ2v) is 8.55. The summed E-state index contributed by atoms with van der Waals surface area (Å²) in [5, 5.41) is 4.40. The number of amides is 2. The van der Waals surface area contributed by atoms with Crippen LogP contribution in [0.4, 0.5) is 10.5 Å². The van der Waals surface area contributed by atoms with Crippen molar-refractivity contribution in [3.05, 3.63) is 74.5 Å². The standard InChI is InChI=1S/C24H26ClN3O2/c1-15-11-16(2)22-17(12-15)13-18(23(29)27-22)14-28(19-7-3-4-8-19)24(30)26-21-10-6-5-9-20(21)25/h5-6,9-13,19H,3-4,7-8,14H2,1-2H3,(H,26,30)(H,27,29). The van der Waals surface area contributed by atoms with Gasteiger partial charge in [-0.3, -0.25) is 4.79 Å². The van der Waals surface area contributed by atoms with Gasteiger partial charge >= 0.3 is 6.03 Å². The number of nitrogens with zero attached hydrogens (tertiary/aromatic N) is 1. The number of urea groups is 1. The van der Waals surface area contributed by atoms with E-state index in [0.717, 1.165) is 47.7 Å². The van der Waals surface area contributed by atoms with Crippen molar-refractivity contribution in [2.24, 2.45) is 0 Å². The lowest BCUT2D eigenvalue weighted by molar-refractivity contribution is 0.184. The number of carbonyl (C=O) groups is 1. The molecule has 2 amide bonds. The number of hydrogen-bond acceptors (Lipinski definition) is 2. The Bertz CT molecular complexity index is 1150. The van der Waals surface area contributed by atoms with E-state index in [1.165, 1.54) is 0 Å². The average Bonchev–Trinajstić information content (AvgIpc) is 3.23. The number of anilines is 1. The van der Waals surface area contributed by atoms with Gasteiger partial charge in [0, 0.05) is 11.6 Å². The molecular formula is C24H26ClN3O2. The number of hydrogen-bond donors (Lipinski definition) is 2. The highest BCUT2D eigenvalue weighted by Gasteiger charge is 2.28. The number of halogens is 1. The lowest BCUT2D eigenvalue weighted by Crippen LogP contribution is -2.42. The molecule has 0 radical (unpaired) electrons. The van der Waals surface area contributed by atoms with Crippen molar-refractivity contribution in [3.63, 3.8) is 0 Å². The first kappa shape index (κ1) is 20.5. The van der Waals surface area contributed by atoms with Crippen molar-refractivity contribution in [1.29, 1.82) is 0 Å². The number of carbonyl (C=O) groups excluding carboxylic acids is 1. The van der Waals surface area contributed by atoms with Crippen LogP contribution in [0.5, 0.6) is 0 Å². The van der Waals surface area contributed by atoms with Crippen molar-refractivity contribution in [3.8, 4) is 0 Å². The molecule has 5 nitrogen and oxygen atoms in total. The van der Waals surface area contributed by atoms with E-state index in [4.69, 9.17) is 11.6 Å². The maximum Gasteiger partial charge on any atom is 0.322 e. The molecule has 3 aromatic rings. The monoisotopic (exact) mass is 423 g/mol. The second-order valence-electron chi connectivity index (χ2n) is 8.15. The fourth-order valence-electron chi connectivity index (χ4n) is 4.37. The van der Waals surface area contributed by atoms with E-state index in [1.807, 2.05) is 32.0 Å². The molecule has 30 heavy (non-hydrogen) atoms. The van der Waals surface area contributed by atoms with Gasteiger partial charge in [-0.25, -0.2) is 4.79 Å². The zero-order valence-corrected chi connectivity index (χ0v) is 18.1. The molecular weight excluding hydrogens is 398 g/mol. The lowest BCUT2D eigenvalue weighted by atomic mass is 10.0. The summed E-state index contributed by atoms with van der Waals surface area (Å²) in [4.78, 5) is 30.8. The molecule has 1 aromatic heterocycles. The normalized spacial score (nSPS) is 14.2. The van der Waals surface area contributed by atoms with Gasteiger partial charge in [-0.1, -0.05) is 48.2 Å². The van der Waals surface area contributed by atoms with E-state index in [0.29, 0.717) is 16.3 Å². The predicted molar refractivity (Wildman–Crippen MR) is 122 cm³/mol. The van der Waals surface area contributed by atoms with Crippen LogP contribution in [0, 0.1) is 13.8 Å². The number of aromatic amines is 1. The van der Waals surface area contributed by atoms with Gasteiger partial charge in [0.1, 0.15) is 0 Å². The summed E-state index contributed by atoms with van der Waals surface area (Å²) in [6, 6.07) is 13.1. The van der Waals surface area contributed by atoms with Gasteiger partial charge in [0.25, 0.3) is 5.56 Å². The molecule has 1 saturated carbocycles. The Balaban J connectivity index is 1.67. The predicted octanol–water partition coefficient (Wildman–Crippen LogP) is 5.78. The molecule has 1 aliphatic carbocycles. The quantitative estimate of drug-likeness (QED) is 0.559. The van der Waals surface area contributed by atoms with Crippen LogP contribution in [0.25, 0.3) is 10.9 Å². The first-order valence-corrected chi connectivity index (χ1v) is 10.8. The topological polar surface area (TPSA) is 65.2 Å². The van der Waals surface area contributed by atoms with E-state index in [1.54, 1.807) is 17.0 Å². The number of para-hydroxylation sites is 1. The van der Waals surface area contributed by atoms with Gasteiger partial charge in [0.15, 0.2) is 0 Å². The first-order valence-electron chi connectivity index (χ1n) is 10.4. The number of aryl methyl sites for hydroxylation is 2. The smallest absolute Gasteiger partial charge is 0.321 e.